The molecule has 1 aliphatic rings. The van der Waals surface area contributed by atoms with Gasteiger partial charge in [-0.2, -0.15) is 5.10 Å². The Balaban J connectivity index is 1.48. The van der Waals surface area contributed by atoms with Gasteiger partial charge in [0.05, 0.1) is 7.11 Å². The normalized spacial score (nSPS) is 13.8. The molecule has 190 valence electrons. The van der Waals surface area contributed by atoms with E-state index in [1.165, 1.54) is 6.07 Å². The maximum Gasteiger partial charge on any atom is 0.246 e. The van der Waals surface area contributed by atoms with E-state index in [1.807, 2.05) is 24.3 Å². The van der Waals surface area contributed by atoms with Crippen molar-refractivity contribution >= 4 is 17.5 Å². The van der Waals surface area contributed by atoms with Crippen LogP contribution in [0.15, 0.2) is 42.5 Å². The molecular weight excluding hydrogens is 461 g/mol. The van der Waals surface area contributed by atoms with Crippen molar-refractivity contribution < 1.29 is 18.7 Å². The Morgan fingerprint density at radius 3 is 2.69 bits per heavy atom. The van der Waals surface area contributed by atoms with Crippen LogP contribution >= 0.6 is 0 Å². The van der Waals surface area contributed by atoms with Gasteiger partial charge in [-0.3, -0.25) is 9.59 Å². The largest absolute Gasteiger partial charge is 0.497 e. The minimum atomic E-state index is -0.283. The smallest absolute Gasteiger partial charge is 0.246 e. The molecule has 3 aromatic rings. The number of anilines is 1. The molecule has 2 aromatic carbocycles. The van der Waals surface area contributed by atoms with E-state index < -0.39 is 0 Å². The number of nitrogens with zero attached hydrogens (tertiary/aromatic N) is 5. The number of benzene rings is 2. The van der Waals surface area contributed by atoms with E-state index in [1.54, 1.807) is 40.6 Å². The molecule has 0 unspecified atom stereocenters. The monoisotopic (exact) mass is 493 g/mol. The topological polar surface area (TPSA) is 80.6 Å². The van der Waals surface area contributed by atoms with Gasteiger partial charge in [0.25, 0.3) is 0 Å². The van der Waals surface area contributed by atoms with Crippen molar-refractivity contribution in [1.82, 2.24) is 19.7 Å². The fourth-order valence-corrected chi connectivity index (χ4v) is 4.29. The number of carbonyl (C=O) groups is 2. The molecule has 0 bridgehead atoms. The molecule has 2 heterocycles. The summed E-state index contributed by atoms with van der Waals surface area (Å²) in [6.45, 7) is 4.65. The van der Waals surface area contributed by atoms with Crippen LogP contribution in [0, 0.1) is 12.7 Å². The van der Waals surface area contributed by atoms with Crippen LogP contribution in [0.4, 0.5) is 10.1 Å². The van der Waals surface area contributed by atoms with Crippen molar-refractivity contribution in [3.05, 3.63) is 59.7 Å². The number of ether oxygens (including phenoxy) is 1. The highest BCUT2D eigenvalue weighted by Crippen LogP contribution is 2.23. The molecule has 36 heavy (non-hydrogen) atoms. The number of rotatable bonds is 9. The molecule has 0 atom stereocenters. The van der Waals surface area contributed by atoms with E-state index >= 15 is 0 Å². The summed E-state index contributed by atoms with van der Waals surface area (Å²) in [4.78, 5) is 34.0. The molecule has 0 aliphatic carbocycles. The Morgan fingerprint density at radius 2 is 1.97 bits per heavy atom. The Hall–Kier alpha value is -3.75. The Labute approximate surface area is 210 Å². The van der Waals surface area contributed by atoms with Crippen molar-refractivity contribution in [2.24, 2.45) is 0 Å². The molecule has 8 nitrogen and oxygen atoms in total. The first-order chi connectivity index (χ1) is 17.4. The van der Waals surface area contributed by atoms with Crippen LogP contribution in [-0.2, 0) is 22.6 Å². The van der Waals surface area contributed by atoms with Crippen LogP contribution in [0.25, 0.3) is 11.4 Å². The summed E-state index contributed by atoms with van der Waals surface area (Å²) in [5, 5.41) is 4.59. The molecule has 9 heteroatoms. The summed E-state index contributed by atoms with van der Waals surface area (Å²) in [7, 11) is 1.58. The van der Waals surface area contributed by atoms with Gasteiger partial charge in [-0.1, -0.05) is 25.8 Å². The summed E-state index contributed by atoms with van der Waals surface area (Å²) in [5.74, 6) is 1.25. The predicted octanol–water partition coefficient (Wildman–Crippen LogP) is 4.01. The standard InChI is InChI=1S/C27H32FN5O3/c1-4-5-6-10-24-29-27(20-11-12-23(28)19(2)15-20)30-33(24)18-25(34)31-13-14-32(26(35)17-31)21-8-7-9-22(16-21)36-3/h7-9,11-12,15-16H,4-6,10,13-14,17-18H2,1-3H3. The number of aryl methyl sites for hydroxylation is 2. The van der Waals surface area contributed by atoms with Crippen LogP contribution in [-0.4, -0.2) is 58.2 Å². The third-order valence-electron chi connectivity index (χ3n) is 6.39. The number of halogens is 1. The third-order valence-corrected chi connectivity index (χ3v) is 6.39. The van der Waals surface area contributed by atoms with Crippen LogP contribution < -0.4 is 9.64 Å². The summed E-state index contributed by atoms with van der Waals surface area (Å²) in [6.07, 6.45) is 3.74. The fraction of sp³-hybridized carbons (Fsp3) is 0.407. The molecule has 0 N–H and O–H groups in total. The lowest BCUT2D eigenvalue weighted by Crippen LogP contribution is -2.53. The maximum atomic E-state index is 13.8. The highest BCUT2D eigenvalue weighted by molar-refractivity contribution is 5.98. The zero-order chi connectivity index (χ0) is 25.7. The number of hydrogen-bond acceptors (Lipinski definition) is 5. The number of hydrogen-bond donors (Lipinski definition) is 0. The van der Waals surface area contributed by atoms with Gasteiger partial charge in [-0.15, -0.1) is 0 Å². The third kappa shape index (κ3) is 5.72. The molecule has 0 spiro atoms. The molecule has 1 saturated heterocycles. The zero-order valence-corrected chi connectivity index (χ0v) is 21.0. The van der Waals surface area contributed by atoms with E-state index in [0.717, 1.165) is 30.8 Å². The second-order valence-corrected chi connectivity index (χ2v) is 8.99. The molecule has 1 aliphatic heterocycles. The second kappa shape index (κ2) is 11.3. The Morgan fingerprint density at radius 1 is 1.14 bits per heavy atom. The van der Waals surface area contributed by atoms with Gasteiger partial charge in [-0.25, -0.2) is 14.1 Å². The summed E-state index contributed by atoms with van der Waals surface area (Å²) < 4.78 is 20.6. The van der Waals surface area contributed by atoms with E-state index in [2.05, 4.69) is 17.0 Å². The lowest BCUT2D eigenvalue weighted by atomic mass is 10.1. The molecule has 0 saturated carbocycles. The number of aromatic nitrogens is 3. The number of carbonyl (C=O) groups excluding carboxylic acids is 2. The highest BCUT2D eigenvalue weighted by atomic mass is 19.1. The number of unbranched alkanes of at least 4 members (excludes halogenated alkanes) is 2. The number of methoxy groups -OCH3 is 1. The van der Waals surface area contributed by atoms with Gasteiger partial charge in [0, 0.05) is 36.8 Å². The van der Waals surface area contributed by atoms with E-state index in [0.29, 0.717) is 42.2 Å². The number of amides is 2. The van der Waals surface area contributed by atoms with Crippen LogP contribution in [0.2, 0.25) is 0 Å². The Bertz CT molecular complexity index is 1240. The van der Waals surface area contributed by atoms with Gasteiger partial charge in [-0.05, 0) is 49.2 Å². The predicted molar refractivity (Wildman–Crippen MR) is 135 cm³/mol. The maximum absolute atomic E-state index is 13.8. The van der Waals surface area contributed by atoms with Crippen LogP contribution in [0.3, 0.4) is 0 Å². The summed E-state index contributed by atoms with van der Waals surface area (Å²) in [5.41, 5.74) is 1.97. The van der Waals surface area contributed by atoms with Gasteiger partial charge < -0.3 is 14.5 Å². The van der Waals surface area contributed by atoms with Crippen molar-refractivity contribution in [3.63, 3.8) is 0 Å². The zero-order valence-electron chi connectivity index (χ0n) is 21.0. The van der Waals surface area contributed by atoms with Gasteiger partial charge in [0.2, 0.25) is 11.8 Å². The quantitative estimate of drug-likeness (QED) is 0.421. The molecule has 0 radical (unpaired) electrons. The summed E-state index contributed by atoms with van der Waals surface area (Å²) in [6, 6.07) is 12.1. The van der Waals surface area contributed by atoms with Gasteiger partial charge in [0.1, 0.15) is 30.5 Å². The van der Waals surface area contributed by atoms with Gasteiger partial charge in [0.15, 0.2) is 5.82 Å². The molecule has 1 aromatic heterocycles. The van der Waals surface area contributed by atoms with Crippen molar-refractivity contribution in [2.75, 3.05) is 31.6 Å². The highest BCUT2D eigenvalue weighted by Gasteiger charge is 2.29. The average molecular weight is 494 g/mol. The van der Waals surface area contributed by atoms with Crippen molar-refractivity contribution in [1.29, 1.82) is 0 Å². The van der Waals surface area contributed by atoms with Crippen molar-refractivity contribution in [2.45, 2.75) is 46.1 Å². The van der Waals surface area contributed by atoms with E-state index in [-0.39, 0.29) is 30.7 Å². The van der Waals surface area contributed by atoms with E-state index in [9.17, 15) is 14.0 Å². The van der Waals surface area contributed by atoms with Crippen molar-refractivity contribution in [3.8, 4) is 17.1 Å². The first-order valence-electron chi connectivity index (χ1n) is 12.3. The Kier molecular flexibility index (Phi) is 7.97. The average Bonchev–Trinajstić information content (AvgIpc) is 3.28. The van der Waals surface area contributed by atoms with Gasteiger partial charge >= 0.3 is 0 Å². The minimum Gasteiger partial charge on any atom is -0.497 e. The molecular formula is C27H32FN5O3. The van der Waals surface area contributed by atoms with Crippen LogP contribution in [0.1, 0.15) is 37.6 Å². The van der Waals surface area contributed by atoms with Crippen LogP contribution in [0.5, 0.6) is 5.75 Å². The molecule has 4 rings (SSSR count). The van der Waals surface area contributed by atoms with E-state index in [4.69, 9.17) is 4.74 Å². The summed E-state index contributed by atoms with van der Waals surface area (Å²) >= 11 is 0. The second-order valence-electron chi connectivity index (χ2n) is 8.99. The number of piperazine rings is 1. The lowest BCUT2D eigenvalue weighted by molar-refractivity contribution is -0.137. The minimum absolute atomic E-state index is 0.0000771. The lowest BCUT2D eigenvalue weighted by Gasteiger charge is -2.34. The molecule has 1 fully saturated rings. The SMILES string of the molecule is CCCCCc1nc(-c2ccc(F)c(C)c2)nn1CC(=O)N1CCN(c2cccc(OC)c2)C(=O)C1. The molecule has 2 amide bonds. The first-order valence-corrected chi connectivity index (χ1v) is 12.3. The fourth-order valence-electron chi connectivity index (χ4n) is 4.29. The first kappa shape index (κ1) is 25.3.